The number of alkyl halides is 3. The average molecular weight is 1010 g/mol. The van der Waals surface area contributed by atoms with E-state index in [9.17, 15) is 13.2 Å². The molecule has 8 heteroatoms. The fourth-order valence-corrected chi connectivity index (χ4v) is 12.6. The molecule has 1 atom stereocenters. The lowest BCUT2D eigenvalue weighted by atomic mass is 9.89. The van der Waals surface area contributed by atoms with Gasteiger partial charge in [-0.3, -0.25) is 0 Å². The largest absolute Gasteiger partial charge is 0.415 e. The van der Waals surface area contributed by atoms with E-state index in [-0.39, 0.29) is 11.6 Å². The molecule has 14 aromatic rings. The van der Waals surface area contributed by atoms with Gasteiger partial charge in [-0.2, -0.15) is 13.2 Å². The number of fused-ring (bicyclic) bond motifs is 12. The summed E-state index contributed by atoms with van der Waals surface area (Å²) in [6, 6.07) is 79.3. The first-order chi connectivity index (χ1) is 38.2. The molecule has 5 nitrogen and oxygen atoms in total. The molecule has 0 saturated heterocycles. The van der Waals surface area contributed by atoms with Gasteiger partial charge in [0.25, 0.3) is 0 Å². The molecule has 0 aliphatic heterocycles. The summed E-state index contributed by atoms with van der Waals surface area (Å²) in [6.45, 7) is 16.6. The van der Waals surface area contributed by atoms with Crippen molar-refractivity contribution in [3.05, 3.63) is 282 Å². The molecular formula is C70H40F3N5. The van der Waals surface area contributed by atoms with Crippen LogP contribution in [0, 0.1) is 13.1 Å². The Bertz CT molecular complexity index is 4930. The number of hydrogen-bond donors (Lipinski definition) is 0. The van der Waals surface area contributed by atoms with Gasteiger partial charge in [0.15, 0.2) is 11.4 Å². The molecule has 0 bridgehead atoms. The van der Waals surface area contributed by atoms with Crippen LogP contribution in [0.3, 0.4) is 0 Å². The molecule has 0 radical (unpaired) electrons. The highest BCUT2D eigenvalue weighted by molar-refractivity contribution is 6.20. The van der Waals surface area contributed by atoms with Crippen LogP contribution < -0.4 is 0 Å². The van der Waals surface area contributed by atoms with Gasteiger partial charge in [-0.15, -0.1) is 0 Å². The Balaban J connectivity index is 1.05. The third kappa shape index (κ3) is 6.67. The predicted octanol–water partition coefficient (Wildman–Crippen LogP) is 19.6. The topological polar surface area (TPSA) is 23.5 Å². The van der Waals surface area contributed by atoms with Crippen LogP contribution in [0.25, 0.3) is 126 Å². The quantitative estimate of drug-likeness (QED) is 0.148. The summed E-state index contributed by atoms with van der Waals surface area (Å²) in [6.07, 6.45) is -4.63. The minimum atomic E-state index is -4.63. The van der Waals surface area contributed by atoms with Crippen molar-refractivity contribution < 1.29 is 13.2 Å². The van der Waals surface area contributed by atoms with Gasteiger partial charge in [0.2, 0.25) is 0 Å². The summed E-state index contributed by atoms with van der Waals surface area (Å²) in [5, 5.41) is 6.48. The van der Waals surface area contributed by atoms with Crippen LogP contribution in [0.2, 0.25) is 0 Å². The third-order valence-electron chi connectivity index (χ3n) is 16.0. The van der Waals surface area contributed by atoms with Gasteiger partial charge in [-0.25, -0.2) is 9.69 Å². The Morgan fingerprint density at radius 2 is 0.936 bits per heavy atom. The molecule has 11 aromatic carbocycles. The highest BCUT2D eigenvalue weighted by atomic mass is 19.4. The maximum absolute atomic E-state index is 14.2. The van der Waals surface area contributed by atoms with Crippen LogP contribution in [0.1, 0.15) is 28.2 Å². The van der Waals surface area contributed by atoms with E-state index in [1.54, 1.807) is 0 Å². The van der Waals surface area contributed by atoms with Gasteiger partial charge in [0.1, 0.15) is 0 Å². The Hall–Kier alpha value is -10.4. The summed E-state index contributed by atoms with van der Waals surface area (Å²) in [5.41, 5.74) is 16.5. The third-order valence-corrected chi connectivity index (χ3v) is 16.0. The number of nitrogens with zero attached hydrogens (tertiary/aromatic N) is 5. The zero-order chi connectivity index (χ0) is 52.4. The monoisotopic (exact) mass is 1010 g/mol. The molecule has 78 heavy (non-hydrogen) atoms. The molecule has 15 rings (SSSR count). The summed E-state index contributed by atoms with van der Waals surface area (Å²) in [4.78, 5) is 7.71. The van der Waals surface area contributed by atoms with Crippen molar-refractivity contribution >= 4 is 76.8 Å². The van der Waals surface area contributed by atoms with Crippen LogP contribution in [-0.2, 0) is 6.18 Å². The minimum Gasteiger partial charge on any atom is -0.309 e. The zero-order valence-electron chi connectivity index (χ0n) is 41.5. The fraction of sp³-hybridized carbons (Fsp3) is 0.0286. The van der Waals surface area contributed by atoms with Gasteiger partial charge in [0.05, 0.1) is 57.6 Å². The summed E-state index contributed by atoms with van der Waals surface area (Å²) < 4.78 is 49.7. The smallest absolute Gasteiger partial charge is 0.309 e. The number of para-hydroxylation sites is 4. The molecule has 3 aromatic heterocycles. The van der Waals surface area contributed by atoms with Crippen molar-refractivity contribution in [2.75, 3.05) is 0 Å². The Morgan fingerprint density at radius 3 is 1.62 bits per heavy atom. The summed E-state index contributed by atoms with van der Waals surface area (Å²) in [7, 11) is 0. The van der Waals surface area contributed by atoms with Crippen molar-refractivity contribution in [2.45, 2.75) is 12.1 Å². The van der Waals surface area contributed by atoms with Gasteiger partial charge < -0.3 is 13.7 Å². The number of hydrogen-bond acceptors (Lipinski definition) is 0. The van der Waals surface area contributed by atoms with Crippen LogP contribution in [0.4, 0.5) is 24.5 Å². The minimum absolute atomic E-state index is 0.0447. The molecule has 0 fully saturated rings. The Kier molecular flexibility index (Phi) is 9.85. The van der Waals surface area contributed by atoms with Crippen LogP contribution in [0.15, 0.2) is 237 Å². The maximum Gasteiger partial charge on any atom is 0.415 e. The normalized spacial score (nSPS) is 13.2. The second-order valence-corrected chi connectivity index (χ2v) is 20.1. The molecule has 0 spiro atoms. The second-order valence-electron chi connectivity index (χ2n) is 20.1. The number of benzene rings is 11. The van der Waals surface area contributed by atoms with Crippen molar-refractivity contribution in [1.82, 2.24) is 13.7 Å². The van der Waals surface area contributed by atoms with Crippen LogP contribution in [0.5, 0.6) is 0 Å². The molecule has 366 valence electrons. The van der Waals surface area contributed by atoms with Crippen LogP contribution in [-0.4, -0.2) is 13.7 Å². The Morgan fingerprint density at radius 1 is 0.359 bits per heavy atom. The standard InChI is InChI=1S/C70H40F3N5/c1-74-45-31-34-64(77-62-27-15-12-24-51(62)58-39-57-49-22-11-14-26-61(49)76(67(57)41-68(58)77)46-19-7-4-8-20-46)55(37-45)52-32-29-43(47-33-30-44(70(71,72)73)36-60(47)75-2)35-65(52)78-63-28-16-13-23-50(63)56-38-54-48-21-9-10-25-53(48)69(59(54)40-66(56)78)42-17-5-3-6-18-42/h3-41,69H. The van der Waals surface area contributed by atoms with E-state index in [2.05, 4.69) is 187 Å². The molecule has 1 aliphatic rings. The lowest BCUT2D eigenvalue weighted by Crippen LogP contribution is -2.04. The zero-order valence-corrected chi connectivity index (χ0v) is 41.5. The van der Waals surface area contributed by atoms with Crippen molar-refractivity contribution in [1.29, 1.82) is 0 Å². The van der Waals surface area contributed by atoms with E-state index in [1.165, 1.54) is 22.8 Å². The summed E-state index contributed by atoms with van der Waals surface area (Å²) >= 11 is 0. The average Bonchev–Trinajstić information content (AvgIpc) is 3.95. The highest BCUT2D eigenvalue weighted by Gasteiger charge is 2.33. The van der Waals surface area contributed by atoms with E-state index in [0.29, 0.717) is 16.8 Å². The first-order valence-corrected chi connectivity index (χ1v) is 25.7. The Labute approximate surface area is 445 Å². The lowest BCUT2D eigenvalue weighted by Gasteiger charge is -2.21. The molecule has 3 heterocycles. The highest BCUT2D eigenvalue weighted by Crippen LogP contribution is 2.52. The molecule has 0 N–H and O–H groups in total. The molecule has 0 amide bonds. The van der Waals surface area contributed by atoms with Gasteiger partial charge in [-0.05, 0) is 123 Å². The van der Waals surface area contributed by atoms with Gasteiger partial charge >= 0.3 is 6.18 Å². The molecule has 1 unspecified atom stereocenters. The van der Waals surface area contributed by atoms with E-state index >= 15 is 0 Å². The maximum atomic E-state index is 14.2. The lowest BCUT2D eigenvalue weighted by molar-refractivity contribution is -0.137. The molecule has 0 saturated carbocycles. The van der Waals surface area contributed by atoms with Crippen molar-refractivity contribution in [2.24, 2.45) is 0 Å². The molecule has 1 aliphatic carbocycles. The SMILES string of the molecule is [C-]#[N+]c1ccc(-n2c3ccccc3c3cc4c5ccccc5n(-c5ccccc5)c4cc32)c(-c2ccc(-c3ccc(C(F)(F)F)cc3[N+]#[C-])cc2-n2c3ccccc3c3cc4c(cc32)C(c2ccccc2)c2ccccc2-4)c1. The first kappa shape index (κ1) is 45.0. The number of rotatable bonds is 6. The second kappa shape index (κ2) is 17.1. The summed E-state index contributed by atoms with van der Waals surface area (Å²) in [5.74, 6) is -0.0447. The van der Waals surface area contributed by atoms with Crippen LogP contribution >= 0.6 is 0 Å². The predicted molar refractivity (Wildman–Crippen MR) is 311 cm³/mol. The fourth-order valence-electron chi connectivity index (χ4n) is 12.6. The van der Waals surface area contributed by atoms with E-state index < -0.39 is 11.7 Å². The number of aromatic nitrogens is 3. The van der Waals surface area contributed by atoms with Gasteiger partial charge in [0, 0.05) is 55.0 Å². The van der Waals surface area contributed by atoms with E-state index in [4.69, 9.17) is 13.1 Å². The molecular weight excluding hydrogens is 968 g/mol. The van der Waals surface area contributed by atoms with Gasteiger partial charge in [-0.1, -0.05) is 158 Å². The van der Waals surface area contributed by atoms with E-state index in [1.807, 2.05) is 54.6 Å². The van der Waals surface area contributed by atoms with E-state index in [0.717, 1.165) is 117 Å². The first-order valence-electron chi connectivity index (χ1n) is 25.7. The van der Waals surface area contributed by atoms with Crippen molar-refractivity contribution in [3.8, 4) is 50.4 Å². The van der Waals surface area contributed by atoms with Crippen molar-refractivity contribution in [3.63, 3.8) is 0 Å². The number of halogens is 3.